The summed E-state index contributed by atoms with van der Waals surface area (Å²) in [7, 11) is 0. The highest BCUT2D eigenvalue weighted by Crippen LogP contribution is 2.66. The number of nitrogens with zero attached hydrogens (tertiary/aromatic N) is 3. The molecule has 6 nitrogen and oxygen atoms in total. The van der Waals surface area contributed by atoms with Crippen molar-refractivity contribution in [3.8, 4) is 6.07 Å². The van der Waals surface area contributed by atoms with Gasteiger partial charge in [0.2, 0.25) is 0 Å². The third-order valence-corrected chi connectivity index (χ3v) is 10.7. The topological polar surface area (TPSA) is 91.3 Å². The van der Waals surface area contributed by atoms with E-state index in [1.807, 2.05) is 13.8 Å². The molecule has 4 fully saturated rings. The Morgan fingerprint density at radius 2 is 1.97 bits per heavy atom. The molecule has 0 radical (unpaired) electrons. The summed E-state index contributed by atoms with van der Waals surface area (Å²) in [5.74, 6) is 3.86. The molecule has 1 aromatic heterocycles. The van der Waals surface area contributed by atoms with Crippen LogP contribution < -0.4 is 0 Å². The molecule has 0 spiro atoms. The number of aliphatic hydroxyl groups is 2. The van der Waals surface area contributed by atoms with Crippen LogP contribution in [-0.2, 0) is 11.3 Å². The normalized spacial score (nSPS) is 43.3. The number of ether oxygens (including phenoxy) is 1. The molecule has 4 saturated carbocycles. The summed E-state index contributed by atoms with van der Waals surface area (Å²) in [4.78, 5) is 0. The number of nitriles is 1. The van der Waals surface area contributed by atoms with Crippen molar-refractivity contribution in [1.82, 2.24) is 9.78 Å². The molecule has 1 aromatic rings. The summed E-state index contributed by atoms with van der Waals surface area (Å²) in [5.41, 5.74) is -0.758. The number of hydrogen-bond donors (Lipinski definition) is 2. The molecule has 188 valence electrons. The standard InChI is InChI=1S/C28H43N3O3/c1-4-34-18-28(33)12-10-21-20(13-28)5-6-23-22(21)9-11-26(2)24(23)7-8-25(26)27(3,32)17-31-16-19(14-29)15-30-31/h15-16,20-25,32-33H,4-13,17-18H2,1-3H3/t20-,21+,22-,23-,24+,25+,26+,27?,28-/m1/s1. The molecule has 0 bridgehead atoms. The summed E-state index contributed by atoms with van der Waals surface area (Å²) in [6.45, 7) is 8.06. The first-order valence-corrected chi connectivity index (χ1v) is 13.6. The first kappa shape index (κ1) is 24.3. The lowest BCUT2D eigenvalue weighted by Gasteiger charge is -2.58. The summed E-state index contributed by atoms with van der Waals surface area (Å²) in [5, 5.41) is 36.2. The van der Waals surface area contributed by atoms with Crippen LogP contribution >= 0.6 is 0 Å². The zero-order valence-corrected chi connectivity index (χ0v) is 21.2. The van der Waals surface area contributed by atoms with Gasteiger partial charge in [0.05, 0.1) is 36.1 Å². The van der Waals surface area contributed by atoms with E-state index in [-0.39, 0.29) is 11.3 Å². The lowest BCUT2D eigenvalue weighted by Crippen LogP contribution is -2.54. The van der Waals surface area contributed by atoms with Crippen molar-refractivity contribution >= 4 is 0 Å². The van der Waals surface area contributed by atoms with E-state index >= 15 is 0 Å². The average molecular weight is 470 g/mol. The van der Waals surface area contributed by atoms with Crippen molar-refractivity contribution in [3.05, 3.63) is 18.0 Å². The maximum absolute atomic E-state index is 11.7. The van der Waals surface area contributed by atoms with Gasteiger partial charge in [-0.05, 0) is 113 Å². The van der Waals surface area contributed by atoms with E-state index < -0.39 is 11.2 Å². The van der Waals surface area contributed by atoms with E-state index in [1.54, 1.807) is 17.1 Å². The summed E-state index contributed by atoms with van der Waals surface area (Å²) in [6.07, 6.45) is 13.5. The lowest BCUT2D eigenvalue weighted by molar-refractivity contribution is -0.140. The molecule has 34 heavy (non-hydrogen) atoms. The molecule has 0 saturated heterocycles. The monoisotopic (exact) mass is 469 g/mol. The van der Waals surface area contributed by atoms with Crippen LogP contribution in [0, 0.1) is 52.3 Å². The molecule has 0 aliphatic heterocycles. The Morgan fingerprint density at radius 3 is 2.71 bits per heavy atom. The Hall–Kier alpha value is -1.42. The third kappa shape index (κ3) is 4.12. The van der Waals surface area contributed by atoms with Gasteiger partial charge in [-0.2, -0.15) is 10.4 Å². The van der Waals surface area contributed by atoms with Gasteiger partial charge < -0.3 is 14.9 Å². The molecule has 9 atom stereocenters. The minimum absolute atomic E-state index is 0.160. The van der Waals surface area contributed by atoms with Crippen molar-refractivity contribution in [3.63, 3.8) is 0 Å². The zero-order chi connectivity index (χ0) is 24.1. The van der Waals surface area contributed by atoms with E-state index in [1.165, 1.54) is 32.1 Å². The van der Waals surface area contributed by atoms with Crippen molar-refractivity contribution in [2.24, 2.45) is 40.9 Å². The van der Waals surface area contributed by atoms with E-state index in [0.29, 0.717) is 37.2 Å². The smallest absolute Gasteiger partial charge is 0.102 e. The predicted octanol–water partition coefficient (Wildman–Crippen LogP) is 4.54. The molecular formula is C28H43N3O3. The fourth-order valence-electron chi connectivity index (χ4n) is 9.35. The average Bonchev–Trinajstić information content (AvgIpc) is 3.40. The Bertz CT molecular complexity index is 922. The molecule has 1 heterocycles. The zero-order valence-electron chi connectivity index (χ0n) is 21.2. The highest BCUT2D eigenvalue weighted by Gasteiger charge is 2.60. The van der Waals surface area contributed by atoms with Crippen LogP contribution in [0.3, 0.4) is 0 Å². The Labute approximate surface area is 204 Å². The molecule has 0 aromatic carbocycles. The highest BCUT2D eigenvalue weighted by molar-refractivity contribution is 5.21. The minimum atomic E-state index is -0.840. The SMILES string of the molecule is CCOC[C@@]1(O)CC[C@H]2[C@H](CC[C@@H]3[C@@H]2CC[C@]2(C)[C@@H](C(C)(O)Cn4cc(C#N)cn4)CC[C@@H]32)C1. The van der Waals surface area contributed by atoms with Crippen LogP contribution in [0.1, 0.15) is 84.1 Å². The van der Waals surface area contributed by atoms with Gasteiger partial charge in [0.25, 0.3) is 0 Å². The van der Waals surface area contributed by atoms with Gasteiger partial charge >= 0.3 is 0 Å². The van der Waals surface area contributed by atoms with E-state index in [0.717, 1.165) is 43.4 Å². The van der Waals surface area contributed by atoms with Gasteiger partial charge in [0.15, 0.2) is 0 Å². The van der Waals surface area contributed by atoms with Crippen molar-refractivity contribution in [1.29, 1.82) is 5.26 Å². The van der Waals surface area contributed by atoms with Crippen LogP contribution in [0.2, 0.25) is 0 Å². The van der Waals surface area contributed by atoms with Crippen LogP contribution in [0.4, 0.5) is 0 Å². The molecule has 1 unspecified atom stereocenters. The van der Waals surface area contributed by atoms with Crippen LogP contribution in [0.25, 0.3) is 0 Å². The second-order valence-corrected chi connectivity index (χ2v) is 12.6. The Kier molecular flexibility index (Phi) is 6.36. The van der Waals surface area contributed by atoms with Crippen molar-refractivity contribution in [2.75, 3.05) is 13.2 Å². The second kappa shape index (κ2) is 8.91. The fraction of sp³-hybridized carbons (Fsp3) is 0.857. The van der Waals surface area contributed by atoms with Crippen LogP contribution in [0.15, 0.2) is 12.4 Å². The number of fused-ring (bicyclic) bond motifs is 5. The molecule has 5 rings (SSSR count). The third-order valence-electron chi connectivity index (χ3n) is 10.7. The summed E-state index contributed by atoms with van der Waals surface area (Å²) >= 11 is 0. The van der Waals surface area contributed by atoms with Crippen molar-refractivity contribution in [2.45, 2.75) is 96.3 Å². The molecule has 6 heteroatoms. The Balaban J connectivity index is 1.29. The van der Waals surface area contributed by atoms with Gasteiger partial charge in [0.1, 0.15) is 6.07 Å². The summed E-state index contributed by atoms with van der Waals surface area (Å²) < 4.78 is 7.38. The maximum atomic E-state index is 11.7. The largest absolute Gasteiger partial charge is 0.388 e. The van der Waals surface area contributed by atoms with Gasteiger partial charge in [-0.15, -0.1) is 0 Å². The first-order chi connectivity index (χ1) is 16.2. The molecule has 4 aliphatic carbocycles. The number of aromatic nitrogens is 2. The quantitative estimate of drug-likeness (QED) is 0.638. The first-order valence-electron chi connectivity index (χ1n) is 13.6. The van der Waals surface area contributed by atoms with Crippen LogP contribution in [0.5, 0.6) is 0 Å². The maximum Gasteiger partial charge on any atom is 0.102 e. The van der Waals surface area contributed by atoms with Crippen molar-refractivity contribution < 1.29 is 14.9 Å². The van der Waals surface area contributed by atoms with Crippen LogP contribution in [-0.4, -0.2) is 44.4 Å². The molecule has 2 N–H and O–H groups in total. The predicted molar refractivity (Wildman–Crippen MR) is 130 cm³/mol. The number of rotatable bonds is 6. The summed E-state index contributed by atoms with van der Waals surface area (Å²) in [6, 6.07) is 2.14. The Morgan fingerprint density at radius 1 is 1.18 bits per heavy atom. The van der Waals surface area contributed by atoms with Gasteiger partial charge in [-0.1, -0.05) is 6.92 Å². The van der Waals surface area contributed by atoms with Gasteiger partial charge in [-0.25, -0.2) is 0 Å². The molecular weight excluding hydrogens is 426 g/mol. The van der Waals surface area contributed by atoms with E-state index in [4.69, 9.17) is 10.00 Å². The van der Waals surface area contributed by atoms with Gasteiger partial charge in [0, 0.05) is 12.8 Å². The molecule has 0 amide bonds. The molecule has 4 aliphatic rings. The van der Waals surface area contributed by atoms with Gasteiger partial charge in [-0.3, -0.25) is 4.68 Å². The minimum Gasteiger partial charge on any atom is -0.388 e. The second-order valence-electron chi connectivity index (χ2n) is 12.6. The fourth-order valence-corrected chi connectivity index (χ4v) is 9.35. The number of hydrogen-bond acceptors (Lipinski definition) is 5. The van der Waals surface area contributed by atoms with E-state index in [2.05, 4.69) is 18.1 Å². The lowest BCUT2D eigenvalue weighted by atomic mass is 9.48. The van der Waals surface area contributed by atoms with E-state index in [9.17, 15) is 10.2 Å². The highest BCUT2D eigenvalue weighted by atomic mass is 16.5.